The molecule has 0 spiro atoms. The largest absolute Gasteiger partial charge is 0.417 e. The van der Waals surface area contributed by atoms with Crippen LogP contribution in [0.4, 0.5) is 23.4 Å². The van der Waals surface area contributed by atoms with Gasteiger partial charge in [0.15, 0.2) is 5.82 Å². The lowest BCUT2D eigenvalue weighted by molar-refractivity contribution is -0.137. The van der Waals surface area contributed by atoms with Crippen molar-refractivity contribution in [3.8, 4) is 5.69 Å². The van der Waals surface area contributed by atoms with Gasteiger partial charge in [-0.25, -0.2) is 14.1 Å². The standard InChI is InChI=1S/C17H11Cl2F4N5/c1-9-13(15(19)28(27-9)12-4-2-11(20)3-5-12)8-25-26-16-14(18)6-10(7-24-16)17(21,22)23/h2-8H,1H3,(H,24,26)/b25-8+. The molecule has 1 aromatic carbocycles. The smallest absolute Gasteiger partial charge is 0.260 e. The first kappa shape index (κ1) is 20.1. The maximum atomic E-state index is 13.1. The van der Waals surface area contributed by atoms with Gasteiger partial charge in [0.05, 0.1) is 33.7 Å². The highest BCUT2D eigenvalue weighted by Gasteiger charge is 2.31. The highest BCUT2D eigenvalue weighted by atomic mass is 35.5. The number of nitrogens with one attached hydrogen (secondary N) is 1. The van der Waals surface area contributed by atoms with Gasteiger partial charge in [0, 0.05) is 6.20 Å². The molecule has 0 amide bonds. The topological polar surface area (TPSA) is 55.1 Å². The van der Waals surface area contributed by atoms with Crippen LogP contribution in [-0.2, 0) is 6.18 Å². The Morgan fingerprint density at radius 2 is 1.86 bits per heavy atom. The van der Waals surface area contributed by atoms with Crippen molar-refractivity contribution in [1.82, 2.24) is 14.8 Å². The highest BCUT2D eigenvalue weighted by molar-refractivity contribution is 6.33. The van der Waals surface area contributed by atoms with E-state index in [1.807, 2.05) is 0 Å². The van der Waals surface area contributed by atoms with Crippen molar-refractivity contribution in [2.75, 3.05) is 5.43 Å². The van der Waals surface area contributed by atoms with Crippen molar-refractivity contribution in [2.45, 2.75) is 13.1 Å². The molecular formula is C17H11Cl2F4N5. The monoisotopic (exact) mass is 431 g/mol. The molecule has 5 nitrogen and oxygen atoms in total. The molecular weight excluding hydrogens is 421 g/mol. The number of hydrogen-bond donors (Lipinski definition) is 1. The second-order valence-corrected chi connectivity index (χ2v) is 6.37. The maximum absolute atomic E-state index is 13.1. The van der Waals surface area contributed by atoms with Crippen molar-refractivity contribution in [3.05, 3.63) is 69.3 Å². The first-order chi connectivity index (χ1) is 13.2. The summed E-state index contributed by atoms with van der Waals surface area (Å²) in [6, 6.07) is 6.32. The molecule has 28 heavy (non-hydrogen) atoms. The third kappa shape index (κ3) is 4.26. The number of halogens is 6. The lowest BCUT2D eigenvalue weighted by Crippen LogP contribution is -2.06. The third-order valence-corrected chi connectivity index (χ3v) is 4.30. The number of benzene rings is 1. The lowest BCUT2D eigenvalue weighted by atomic mass is 10.3. The van der Waals surface area contributed by atoms with E-state index in [1.54, 1.807) is 6.92 Å². The van der Waals surface area contributed by atoms with E-state index >= 15 is 0 Å². The van der Waals surface area contributed by atoms with E-state index in [9.17, 15) is 17.6 Å². The second-order valence-electron chi connectivity index (χ2n) is 5.60. The molecule has 11 heteroatoms. The normalized spacial score (nSPS) is 12.0. The van der Waals surface area contributed by atoms with Gasteiger partial charge in [-0.2, -0.15) is 23.4 Å². The fraction of sp³-hybridized carbons (Fsp3) is 0.118. The Hall–Kier alpha value is -2.65. The number of hydrazone groups is 1. The summed E-state index contributed by atoms with van der Waals surface area (Å²) in [6.45, 7) is 1.69. The van der Waals surface area contributed by atoms with Gasteiger partial charge >= 0.3 is 6.18 Å². The van der Waals surface area contributed by atoms with Gasteiger partial charge in [0.1, 0.15) is 11.0 Å². The van der Waals surface area contributed by atoms with Crippen LogP contribution in [0.3, 0.4) is 0 Å². The van der Waals surface area contributed by atoms with E-state index in [0.717, 1.165) is 6.07 Å². The average Bonchev–Trinajstić information content (AvgIpc) is 2.91. The molecule has 0 saturated carbocycles. The van der Waals surface area contributed by atoms with Gasteiger partial charge < -0.3 is 0 Å². The number of nitrogens with zero attached hydrogens (tertiary/aromatic N) is 4. The van der Waals surface area contributed by atoms with Gasteiger partial charge in [-0.1, -0.05) is 23.2 Å². The summed E-state index contributed by atoms with van der Waals surface area (Å²) in [7, 11) is 0. The van der Waals surface area contributed by atoms with Crippen LogP contribution in [0.5, 0.6) is 0 Å². The maximum Gasteiger partial charge on any atom is 0.417 e. The summed E-state index contributed by atoms with van der Waals surface area (Å²) in [6.07, 6.45) is -2.56. The van der Waals surface area contributed by atoms with Gasteiger partial charge in [-0.05, 0) is 37.3 Å². The summed E-state index contributed by atoms with van der Waals surface area (Å²) < 4.78 is 52.4. The molecule has 0 bridgehead atoms. The lowest BCUT2D eigenvalue weighted by Gasteiger charge is -2.08. The van der Waals surface area contributed by atoms with Gasteiger partial charge in [0.2, 0.25) is 0 Å². The second kappa shape index (κ2) is 7.76. The van der Waals surface area contributed by atoms with Crippen LogP contribution in [0.25, 0.3) is 5.69 Å². The Morgan fingerprint density at radius 1 is 1.18 bits per heavy atom. The Kier molecular flexibility index (Phi) is 5.57. The molecule has 2 heterocycles. The fourth-order valence-electron chi connectivity index (χ4n) is 2.24. The first-order valence-electron chi connectivity index (χ1n) is 7.69. The minimum Gasteiger partial charge on any atom is -0.260 e. The summed E-state index contributed by atoms with van der Waals surface area (Å²) in [5.41, 5.74) is 3.04. The molecule has 0 aliphatic heterocycles. The van der Waals surface area contributed by atoms with E-state index in [1.165, 1.54) is 35.2 Å². The van der Waals surface area contributed by atoms with Crippen molar-refractivity contribution in [2.24, 2.45) is 5.10 Å². The average molecular weight is 432 g/mol. The molecule has 0 unspecified atom stereocenters. The summed E-state index contributed by atoms with van der Waals surface area (Å²) >= 11 is 12.1. The van der Waals surface area contributed by atoms with E-state index < -0.39 is 17.6 Å². The Labute approximate surface area is 166 Å². The number of rotatable bonds is 4. The number of pyridine rings is 1. The highest BCUT2D eigenvalue weighted by Crippen LogP contribution is 2.32. The number of aryl methyl sites for hydroxylation is 1. The van der Waals surface area contributed by atoms with Crippen molar-refractivity contribution in [1.29, 1.82) is 0 Å². The summed E-state index contributed by atoms with van der Waals surface area (Å²) in [5, 5.41) is 8.16. The number of alkyl halides is 3. The van der Waals surface area contributed by atoms with Crippen LogP contribution in [-0.4, -0.2) is 21.0 Å². The van der Waals surface area contributed by atoms with Gasteiger partial charge in [-0.3, -0.25) is 5.43 Å². The quantitative estimate of drug-likeness (QED) is 0.337. The van der Waals surface area contributed by atoms with Crippen LogP contribution in [0.15, 0.2) is 41.6 Å². The number of anilines is 1. The molecule has 2 aromatic heterocycles. The zero-order chi connectivity index (χ0) is 20.5. The summed E-state index contributed by atoms with van der Waals surface area (Å²) in [5.74, 6) is -0.443. The predicted octanol–water partition coefficient (Wildman–Crippen LogP) is 5.49. The van der Waals surface area contributed by atoms with E-state index in [4.69, 9.17) is 23.2 Å². The van der Waals surface area contributed by atoms with Crippen molar-refractivity contribution in [3.63, 3.8) is 0 Å². The SMILES string of the molecule is Cc1nn(-c2ccc(F)cc2)c(Cl)c1/C=N/Nc1ncc(C(F)(F)F)cc1Cl. The molecule has 146 valence electrons. The zero-order valence-electron chi connectivity index (χ0n) is 14.1. The number of hydrogen-bond acceptors (Lipinski definition) is 4. The van der Waals surface area contributed by atoms with Gasteiger partial charge in [-0.15, -0.1) is 0 Å². The van der Waals surface area contributed by atoms with E-state index in [2.05, 4.69) is 20.6 Å². The number of aromatic nitrogens is 3. The molecule has 0 aliphatic rings. The minimum atomic E-state index is -4.54. The Balaban J connectivity index is 1.81. The minimum absolute atomic E-state index is 0.0504. The van der Waals surface area contributed by atoms with Crippen LogP contribution in [0, 0.1) is 12.7 Å². The summed E-state index contributed by atoms with van der Waals surface area (Å²) in [4.78, 5) is 3.62. The molecule has 0 fully saturated rings. The van der Waals surface area contributed by atoms with E-state index in [0.29, 0.717) is 23.1 Å². The van der Waals surface area contributed by atoms with Crippen molar-refractivity contribution >= 4 is 35.2 Å². The molecule has 0 aliphatic carbocycles. The zero-order valence-corrected chi connectivity index (χ0v) is 15.6. The van der Waals surface area contributed by atoms with Crippen LogP contribution in [0.1, 0.15) is 16.8 Å². The molecule has 3 rings (SSSR count). The van der Waals surface area contributed by atoms with E-state index in [-0.39, 0.29) is 16.0 Å². The molecule has 0 radical (unpaired) electrons. The van der Waals surface area contributed by atoms with Crippen molar-refractivity contribution < 1.29 is 17.6 Å². The molecule has 0 saturated heterocycles. The third-order valence-electron chi connectivity index (χ3n) is 3.65. The molecule has 1 N–H and O–H groups in total. The molecule has 0 atom stereocenters. The van der Waals surface area contributed by atoms with Crippen LogP contribution < -0.4 is 5.43 Å². The first-order valence-corrected chi connectivity index (χ1v) is 8.45. The Bertz CT molecular complexity index is 1030. The van der Waals surface area contributed by atoms with Gasteiger partial charge in [0.25, 0.3) is 0 Å². The van der Waals surface area contributed by atoms with Crippen LogP contribution in [0.2, 0.25) is 10.2 Å². The molecule has 3 aromatic rings. The fourth-order valence-corrected chi connectivity index (χ4v) is 2.77. The predicted molar refractivity (Wildman–Crippen MR) is 98.7 cm³/mol. The van der Waals surface area contributed by atoms with Crippen LogP contribution >= 0.6 is 23.2 Å². The Morgan fingerprint density at radius 3 is 2.46 bits per heavy atom.